The summed E-state index contributed by atoms with van der Waals surface area (Å²) in [6.45, 7) is 7.19. The number of nitrogens with zero attached hydrogens (tertiary/aromatic N) is 5. The van der Waals surface area contributed by atoms with Gasteiger partial charge in [0.25, 0.3) is 5.91 Å². The average molecular weight is 315 g/mol. The topological polar surface area (TPSA) is 85.0 Å². The Morgan fingerprint density at radius 1 is 1.35 bits per heavy atom. The van der Waals surface area contributed by atoms with E-state index < -0.39 is 0 Å². The minimum absolute atomic E-state index is 0.0882. The Labute approximate surface area is 135 Å². The quantitative estimate of drug-likeness (QED) is 0.864. The molecule has 0 radical (unpaired) electrons. The third kappa shape index (κ3) is 3.38. The smallest absolute Gasteiger partial charge is 0.274 e. The molecule has 1 fully saturated rings. The first-order valence-electron chi connectivity index (χ1n) is 7.96. The Kier molecular flexibility index (Phi) is 4.36. The molecule has 0 saturated carbocycles. The van der Waals surface area contributed by atoms with Crippen LogP contribution in [0.2, 0.25) is 0 Å². The van der Waals surface area contributed by atoms with E-state index in [4.69, 9.17) is 4.52 Å². The van der Waals surface area contributed by atoms with Crippen molar-refractivity contribution in [3.63, 3.8) is 0 Å². The van der Waals surface area contributed by atoms with Crippen molar-refractivity contribution < 1.29 is 9.32 Å². The molecule has 7 nitrogen and oxygen atoms in total. The van der Waals surface area contributed by atoms with Crippen LogP contribution in [-0.4, -0.2) is 44.0 Å². The van der Waals surface area contributed by atoms with Gasteiger partial charge in [-0.05, 0) is 19.8 Å². The highest BCUT2D eigenvalue weighted by atomic mass is 16.5. The van der Waals surface area contributed by atoms with Crippen molar-refractivity contribution in [3.05, 3.63) is 35.5 Å². The lowest BCUT2D eigenvalue weighted by atomic mass is 9.97. The van der Waals surface area contributed by atoms with Crippen LogP contribution in [0.1, 0.15) is 66.4 Å². The molecule has 122 valence electrons. The van der Waals surface area contributed by atoms with Crippen LogP contribution >= 0.6 is 0 Å². The van der Waals surface area contributed by atoms with Crippen molar-refractivity contribution in [2.24, 2.45) is 0 Å². The largest absolute Gasteiger partial charge is 0.339 e. The zero-order valence-corrected chi connectivity index (χ0v) is 13.7. The number of amides is 1. The SMILES string of the molecule is Cc1cnc(C(=O)N2CCC[C@H](c3noc(C(C)C)n3)C2)cn1. The number of aryl methyl sites for hydroxylation is 1. The Morgan fingerprint density at radius 2 is 2.17 bits per heavy atom. The van der Waals surface area contributed by atoms with E-state index in [1.165, 1.54) is 6.20 Å². The Bertz CT molecular complexity index is 680. The zero-order chi connectivity index (χ0) is 16.4. The summed E-state index contributed by atoms with van der Waals surface area (Å²) in [6.07, 6.45) is 5.02. The molecule has 0 unspecified atom stereocenters. The van der Waals surface area contributed by atoms with Gasteiger partial charge in [0.05, 0.1) is 11.9 Å². The maximum atomic E-state index is 12.6. The highest BCUT2D eigenvalue weighted by Gasteiger charge is 2.29. The molecule has 0 bridgehead atoms. The lowest BCUT2D eigenvalue weighted by Crippen LogP contribution is -2.39. The fourth-order valence-corrected chi connectivity index (χ4v) is 2.68. The molecule has 2 aromatic rings. The summed E-state index contributed by atoms with van der Waals surface area (Å²) in [5.41, 5.74) is 1.18. The second-order valence-electron chi connectivity index (χ2n) is 6.28. The van der Waals surface area contributed by atoms with E-state index in [9.17, 15) is 4.79 Å². The Hall–Kier alpha value is -2.31. The summed E-state index contributed by atoms with van der Waals surface area (Å²) >= 11 is 0. The molecule has 2 aromatic heterocycles. The first-order valence-corrected chi connectivity index (χ1v) is 7.96. The Morgan fingerprint density at radius 3 is 2.83 bits per heavy atom. The molecule has 0 spiro atoms. The second kappa shape index (κ2) is 6.44. The first-order chi connectivity index (χ1) is 11.0. The fourth-order valence-electron chi connectivity index (χ4n) is 2.68. The fraction of sp³-hybridized carbons (Fsp3) is 0.562. The number of hydrogen-bond acceptors (Lipinski definition) is 6. The monoisotopic (exact) mass is 315 g/mol. The minimum Gasteiger partial charge on any atom is -0.339 e. The molecular formula is C16H21N5O2. The van der Waals surface area contributed by atoms with Crippen LogP contribution in [0.4, 0.5) is 0 Å². The van der Waals surface area contributed by atoms with E-state index in [0.717, 1.165) is 25.1 Å². The summed E-state index contributed by atoms with van der Waals surface area (Å²) in [6, 6.07) is 0. The third-order valence-electron chi connectivity index (χ3n) is 4.03. The molecule has 0 aromatic carbocycles. The van der Waals surface area contributed by atoms with Crippen LogP contribution < -0.4 is 0 Å². The summed E-state index contributed by atoms with van der Waals surface area (Å²) in [5, 5.41) is 4.09. The summed E-state index contributed by atoms with van der Waals surface area (Å²) in [4.78, 5) is 27.2. The maximum Gasteiger partial charge on any atom is 0.274 e. The van der Waals surface area contributed by atoms with E-state index >= 15 is 0 Å². The lowest BCUT2D eigenvalue weighted by molar-refractivity contribution is 0.0697. The number of rotatable bonds is 3. The predicted molar refractivity (Wildman–Crippen MR) is 83.0 cm³/mol. The summed E-state index contributed by atoms with van der Waals surface area (Å²) in [7, 11) is 0. The van der Waals surface area contributed by atoms with Crippen LogP contribution in [0, 0.1) is 6.92 Å². The van der Waals surface area contributed by atoms with Crippen LogP contribution in [0.25, 0.3) is 0 Å². The zero-order valence-electron chi connectivity index (χ0n) is 13.7. The maximum absolute atomic E-state index is 12.6. The van der Waals surface area contributed by atoms with Gasteiger partial charge < -0.3 is 9.42 Å². The van der Waals surface area contributed by atoms with E-state index in [-0.39, 0.29) is 17.7 Å². The average Bonchev–Trinajstić information content (AvgIpc) is 3.05. The van der Waals surface area contributed by atoms with Crippen molar-refractivity contribution in [3.8, 4) is 0 Å². The highest BCUT2D eigenvalue weighted by Crippen LogP contribution is 2.26. The van der Waals surface area contributed by atoms with Gasteiger partial charge in [-0.25, -0.2) is 4.98 Å². The number of piperidine rings is 1. The molecule has 7 heteroatoms. The van der Waals surface area contributed by atoms with Gasteiger partial charge in [-0.2, -0.15) is 4.98 Å². The van der Waals surface area contributed by atoms with Crippen LogP contribution in [0.3, 0.4) is 0 Å². The Balaban J connectivity index is 1.72. The van der Waals surface area contributed by atoms with E-state index in [1.807, 2.05) is 20.8 Å². The number of hydrogen-bond donors (Lipinski definition) is 0. The van der Waals surface area contributed by atoms with Crippen molar-refractivity contribution >= 4 is 5.91 Å². The molecule has 23 heavy (non-hydrogen) atoms. The van der Waals surface area contributed by atoms with Crippen molar-refractivity contribution in [2.45, 2.75) is 45.4 Å². The van der Waals surface area contributed by atoms with Gasteiger partial charge in [-0.1, -0.05) is 19.0 Å². The third-order valence-corrected chi connectivity index (χ3v) is 4.03. The van der Waals surface area contributed by atoms with Crippen LogP contribution in [0.5, 0.6) is 0 Å². The molecule has 1 aliphatic rings. The summed E-state index contributed by atoms with van der Waals surface area (Å²) < 4.78 is 5.29. The van der Waals surface area contributed by atoms with Gasteiger partial charge in [-0.15, -0.1) is 0 Å². The molecule has 1 aliphatic heterocycles. The lowest BCUT2D eigenvalue weighted by Gasteiger charge is -2.30. The highest BCUT2D eigenvalue weighted by molar-refractivity contribution is 5.92. The van der Waals surface area contributed by atoms with E-state index in [2.05, 4.69) is 20.1 Å². The normalized spacial score (nSPS) is 18.4. The minimum atomic E-state index is -0.0882. The molecule has 1 amide bonds. The number of likely N-dealkylation sites (tertiary alicyclic amines) is 1. The molecule has 0 aliphatic carbocycles. The van der Waals surface area contributed by atoms with Crippen LogP contribution in [-0.2, 0) is 0 Å². The summed E-state index contributed by atoms with van der Waals surface area (Å²) in [5.74, 6) is 1.58. The molecule has 1 saturated heterocycles. The van der Waals surface area contributed by atoms with Crippen molar-refractivity contribution in [2.75, 3.05) is 13.1 Å². The molecule has 1 atom stereocenters. The second-order valence-corrected chi connectivity index (χ2v) is 6.28. The van der Waals surface area contributed by atoms with Gasteiger partial charge in [0.15, 0.2) is 5.82 Å². The molecular weight excluding hydrogens is 294 g/mol. The van der Waals surface area contributed by atoms with Gasteiger partial charge in [0, 0.05) is 31.1 Å². The van der Waals surface area contributed by atoms with E-state index in [1.54, 1.807) is 11.1 Å². The first kappa shape index (κ1) is 15.6. The van der Waals surface area contributed by atoms with Crippen molar-refractivity contribution in [1.29, 1.82) is 0 Å². The van der Waals surface area contributed by atoms with Gasteiger partial charge in [-0.3, -0.25) is 9.78 Å². The van der Waals surface area contributed by atoms with Gasteiger partial charge in [0.2, 0.25) is 5.89 Å². The molecule has 3 rings (SSSR count). The van der Waals surface area contributed by atoms with Gasteiger partial charge >= 0.3 is 0 Å². The van der Waals surface area contributed by atoms with E-state index in [0.29, 0.717) is 24.0 Å². The van der Waals surface area contributed by atoms with Gasteiger partial charge in [0.1, 0.15) is 5.69 Å². The van der Waals surface area contributed by atoms with Crippen LogP contribution in [0.15, 0.2) is 16.9 Å². The molecule has 0 N–H and O–H groups in total. The molecule has 3 heterocycles. The number of carbonyl (C=O) groups excluding carboxylic acids is 1. The number of aromatic nitrogens is 4. The predicted octanol–water partition coefficient (Wildman–Crippen LogP) is 2.31. The standard InChI is InChI=1S/C16H21N5O2/c1-10(2)15-19-14(20-23-15)12-5-4-6-21(9-12)16(22)13-8-17-11(3)7-18-13/h7-8,10,12H,4-6,9H2,1-3H3/t12-/m0/s1. The number of carbonyl (C=O) groups is 1. The van der Waals surface area contributed by atoms with Crippen molar-refractivity contribution in [1.82, 2.24) is 25.0 Å².